The van der Waals surface area contributed by atoms with Crippen LogP contribution in [-0.4, -0.2) is 30.6 Å². The Morgan fingerprint density at radius 3 is 2.75 bits per heavy atom. The average Bonchev–Trinajstić information content (AvgIpc) is 2.33. The summed E-state index contributed by atoms with van der Waals surface area (Å²) < 4.78 is 0. The monoisotopic (exact) mass is 224 g/mol. The van der Waals surface area contributed by atoms with Crippen molar-refractivity contribution >= 4 is 6.03 Å². The van der Waals surface area contributed by atoms with Crippen molar-refractivity contribution in [3.8, 4) is 0 Å². The molecular weight excluding hydrogens is 200 g/mol. The first-order chi connectivity index (χ1) is 7.86. The minimum Gasteiger partial charge on any atom is -0.338 e. The Bertz CT molecular complexity index is 224. The third kappa shape index (κ3) is 3.39. The lowest BCUT2D eigenvalue weighted by Gasteiger charge is -2.28. The van der Waals surface area contributed by atoms with Crippen molar-refractivity contribution in [1.82, 2.24) is 10.2 Å². The van der Waals surface area contributed by atoms with Crippen LogP contribution in [0.1, 0.15) is 51.4 Å². The summed E-state index contributed by atoms with van der Waals surface area (Å²) in [5, 5.41) is 2.91. The van der Waals surface area contributed by atoms with Crippen molar-refractivity contribution in [2.75, 3.05) is 19.6 Å². The van der Waals surface area contributed by atoms with Gasteiger partial charge in [-0.05, 0) is 25.2 Å². The molecule has 0 bridgehead atoms. The summed E-state index contributed by atoms with van der Waals surface area (Å²) in [4.78, 5) is 13.5. The second-order valence-corrected chi connectivity index (χ2v) is 5.22. The Kier molecular flexibility index (Phi) is 4.49. The van der Waals surface area contributed by atoms with Gasteiger partial charge in [-0.3, -0.25) is 0 Å². The van der Waals surface area contributed by atoms with Crippen molar-refractivity contribution in [3.05, 3.63) is 0 Å². The number of urea groups is 1. The second-order valence-electron chi connectivity index (χ2n) is 5.22. The van der Waals surface area contributed by atoms with Gasteiger partial charge in [-0.15, -0.1) is 0 Å². The molecule has 0 spiro atoms. The first-order valence-electron chi connectivity index (χ1n) is 6.89. The third-order valence-corrected chi connectivity index (χ3v) is 3.93. The summed E-state index contributed by atoms with van der Waals surface area (Å²) in [5.74, 6) is 0.946. The number of nitrogens with one attached hydrogen (secondary N) is 1. The zero-order chi connectivity index (χ0) is 11.2. The van der Waals surface area contributed by atoms with Crippen LogP contribution in [0.3, 0.4) is 0 Å². The molecule has 0 aromatic carbocycles. The predicted molar refractivity (Wildman–Crippen MR) is 65.4 cm³/mol. The van der Waals surface area contributed by atoms with E-state index < -0.39 is 0 Å². The van der Waals surface area contributed by atoms with Crippen LogP contribution in [-0.2, 0) is 0 Å². The molecule has 1 heterocycles. The number of hydrogen-bond acceptors (Lipinski definition) is 1. The van der Waals surface area contributed by atoms with Gasteiger partial charge < -0.3 is 10.2 Å². The highest BCUT2D eigenvalue weighted by Crippen LogP contribution is 2.27. The number of carbonyl (C=O) groups excluding carboxylic acids is 1. The molecule has 92 valence electrons. The number of rotatable bonds is 4. The van der Waals surface area contributed by atoms with E-state index in [-0.39, 0.29) is 6.03 Å². The maximum absolute atomic E-state index is 11.5. The lowest BCUT2D eigenvalue weighted by Crippen LogP contribution is -2.46. The molecule has 3 nitrogen and oxygen atoms in total. The highest BCUT2D eigenvalue weighted by atomic mass is 16.2. The molecule has 1 aliphatic heterocycles. The lowest BCUT2D eigenvalue weighted by molar-refractivity contribution is 0.182. The van der Waals surface area contributed by atoms with Crippen LogP contribution in [0.5, 0.6) is 0 Å². The maximum atomic E-state index is 11.5. The van der Waals surface area contributed by atoms with Crippen LogP contribution in [0.25, 0.3) is 0 Å². The van der Waals surface area contributed by atoms with Crippen LogP contribution in [0.15, 0.2) is 0 Å². The fourth-order valence-corrected chi connectivity index (χ4v) is 2.94. The number of hydrogen-bond donors (Lipinski definition) is 1. The largest absolute Gasteiger partial charge is 0.338 e. The van der Waals surface area contributed by atoms with E-state index in [1.165, 1.54) is 44.9 Å². The molecule has 2 rings (SSSR count). The van der Waals surface area contributed by atoms with Gasteiger partial charge >= 0.3 is 6.03 Å². The highest BCUT2D eigenvalue weighted by molar-refractivity contribution is 5.74. The van der Waals surface area contributed by atoms with E-state index in [4.69, 9.17) is 0 Å². The van der Waals surface area contributed by atoms with Crippen LogP contribution >= 0.6 is 0 Å². The zero-order valence-corrected chi connectivity index (χ0v) is 10.2. The summed E-state index contributed by atoms with van der Waals surface area (Å²) in [6.45, 7) is 2.77. The minimum atomic E-state index is 0.148. The van der Waals surface area contributed by atoms with Crippen LogP contribution < -0.4 is 5.32 Å². The Balaban J connectivity index is 1.61. The molecule has 0 unspecified atom stereocenters. The highest BCUT2D eigenvalue weighted by Gasteiger charge is 2.18. The van der Waals surface area contributed by atoms with Gasteiger partial charge in [-0.2, -0.15) is 0 Å². The Hall–Kier alpha value is -0.730. The summed E-state index contributed by atoms with van der Waals surface area (Å²) >= 11 is 0. The van der Waals surface area contributed by atoms with Gasteiger partial charge in [0.05, 0.1) is 0 Å². The van der Waals surface area contributed by atoms with Crippen molar-refractivity contribution < 1.29 is 4.79 Å². The molecule has 1 saturated heterocycles. The Morgan fingerprint density at radius 2 is 2.00 bits per heavy atom. The summed E-state index contributed by atoms with van der Waals surface area (Å²) in [6.07, 6.45) is 10.8. The fourth-order valence-electron chi connectivity index (χ4n) is 2.94. The molecule has 2 fully saturated rings. The van der Waals surface area contributed by atoms with Crippen molar-refractivity contribution in [3.63, 3.8) is 0 Å². The summed E-state index contributed by atoms with van der Waals surface area (Å²) in [7, 11) is 0. The number of nitrogens with zero attached hydrogens (tertiary/aromatic N) is 1. The Labute approximate surface area is 98.6 Å². The van der Waals surface area contributed by atoms with Gasteiger partial charge in [-0.1, -0.05) is 32.1 Å². The molecule has 1 aliphatic carbocycles. The van der Waals surface area contributed by atoms with Crippen molar-refractivity contribution in [2.45, 2.75) is 51.4 Å². The predicted octanol–water partition coefficient (Wildman–Crippen LogP) is 2.76. The molecule has 1 N–H and O–H groups in total. The molecule has 0 aromatic heterocycles. The van der Waals surface area contributed by atoms with Crippen LogP contribution in [0, 0.1) is 5.92 Å². The minimum absolute atomic E-state index is 0.148. The van der Waals surface area contributed by atoms with Crippen LogP contribution in [0.2, 0.25) is 0 Å². The fraction of sp³-hybridized carbons (Fsp3) is 0.923. The maximum Gasteiger partial charge on any atom is 0.317 e. The van der Waals surface area contributed by atoms with E-state index in [1.807, 2.05) is 4.90 Å². The summed E-state index contributed by atoms with van der Waals surface area (Å²) in [6, 6.07) is 0.148. The standard InChI is InChI=1S/C13H24N2O/c16-13-14-9-5-11-15(13)10-4-8-12-6-2-1-3-7-12/h12H,1-11H2,(H,14,16). The van der Waals surface area contributed by atoms with Gasteiger partial charge in [0.25, 0.3) is 0 Å². The zero-order valence-electron chi connectivity index (χ0n) is 10.2. The lowest BCUT2D eigenvalue weighted by atomic mass is 9.86. The molecule has 2 amide bonds. The Morgan fingerprint density at radius 1 is 1.19 bits per heavy atom. The van der Waals surface area contributed by atoms with E-state index >= 15 is 0 Å². The van der Waals surface area contributed by atoms with E-state index in [2.05, 4.69) is 5.32 Å². The molecule has 2 aliphatic rings. The molecular formula is C13H24N2O. The first kappa shape index (κ1) is 11.7. The van der Waals surface area contributed by atoms with Crippen molar-refractivity contribution in [2.24, 2.45) is 5.92 Å². The first-order valence-corrected chi connectivity index (χ1v) is 6.89. The molecule has 0 atom stereocenters. The normalized spacial score (nSPS) is 23.2. The van der Waals surface area contributed by atoms with E-state index in [0.29, 0.717) is 0 Å². The molecule has 1 saturated carbocycles. The van der Waals surface area contributed by atoms with Crippen molar-refractivity contribution in [1.29, 1.82) is 0 Å². The SMILES string of the molecule is O=C1NCCCN1CCCC1CCCCC1. The van der Waals surface area contributed by atoms with E-state index in [9.17, 15) is 4.79 Å². The number of amides is 2. The van der Waals surface area contributed by atoms with E-state index in [1.54, 1.807) is 0 Å². The van der Waals surface area contributed by atoms with Gasteiger partial charge in [0, 0.05) is 19.6 Å². The number of carbonyl (C=O) groups is 1. The van der Waals surface area contributed by atoms with Gasteiger partial charge in [0.1, 0.15) is 0 Å². The summed E-state index contributed by atoms with van der Waals surface area (Å²) in [5.41, 5.74) is 0. The van der Waals surface area contributed by atoms with Gasteiger partial charge in [0.2, 0.25) is 0 Å². The third-order valence-electron chi connectivity index (χ3n) is 3.93. The molecule has 0 radical (unpaired) electrons. The molecule has 3 heteroatoms. The molecule has 0 aromatic rings. The second kappa shape index (κ2) is 6.12. The van der Waals surface area contributed by atoms with Gasteiger partial charge in [0.15, 0.2) is 0 Å². The topological polar surface area (TPSA) is 32.3 Å². The average molecular weight is 224 g/mol. The molecule has 16 heavy (non-hydrogen) atoms. The smallest absolute Gasteiger partial charge is 0.317 e. The van der Waals surface area contributed by atoms with E-state index in [0.717, 1.165) is 32.0 Å². The van der Waals surface area contributed by atoms with Crippen LogP contribution in [0.4, 0.5) is 4.79 Å². The van der Waals surface area contributed by atoms with Gasteiger partial charge in [-0.25, -0.2) is 4.79 Å². The quantitative estimate of drug-likeness (QED) is 0.782.